The first-order valence-corrected chi connectivity index (χ1v) is 6.70. The van der Waals surface area contributed by atoms with Crippen molar-refractivity contribution in [1.82, 2.24) is 0 Å². The number of alkyl halides is 2. The summed E-state index contributed by atoms with van der Waals surface area (Å²) in [4.78, 5) is 11.3. The molecule has 0 amide bonds. The third-order valence-electron chi connectivity index (χ3n) is 3.19. The van der Waals surface area contributed by atoms with Crippen LogP contribution >= 0.6 is 0 Å². The quantitative estimate of drug-likeness (QED) is 0.283. The predicted octanol–water partition coefficient (Wildman–Crippen LogP) is -3.62. The van der Waals surface area contributed by atoms with Gasteiger partial charge in [0.2, 0.25) is 0 Å². The van der Waals surface area contributed by atoms with Crippen LogP contribution in [-0.4, -0.2) is 31.1 Å². The van der Waals surface area contributed by atoms with Gasteiger partial charge in [0.25, 0.3) is 0 Å². The molecular weight excluding hydrogens is 271 g/mol. The number of halogens is 1. The van der Waals surface area contributed by atoms with Crippen LogP contribution in [0.3, 0.4) is 0 Å². The Bertz CT molecular complexity index is 255. The summed E-state index contributed by atoms with van der Waals surface area (Å²) < 4.78 is 6.11. The molecule has 12 heavy (non-hydrogen) atoms. The summed E-state index contributed by atoms with van der Waals surface area (Å²) in [5.74, 6) is 0.147. The molecule has 4 heteroatoms. The molecule has 2 bridgehead atoms. The summed E-state index contributed by atoms with van der Waals surface area (Å²) >= 11 is 0.00634. The average Bonchev–Trinajstić information content (AvgIpc) is 2.56. The second-order valence-corrected chi connectivity index (χ2v) is 7.39. The summed E-state index contributed by atoms with van der Waals surface area (Å²) in [7, 11) is 0. The Balaban J connectivity index is 2.06. The topological polar surface area (TPSA) is 46.5 Å². The average molecular weight is 281 g/mol. The summed E-state index contributed by atoms with van der Waals surface area (Å²) in [5.41, 5.74) is 0. The minimum absolute atomic E-state index is 0.00634. The number of esters is 1. The number of rotatable bonds is 0. The SMILES string of the molecule is CC1C2OC(=O)C3C(O)C1[I-]C23. The summed E-state index contributed by atoms with van der Waals surface area (Å²) in [6.07, 6.45) is -0.201. The van der Waals surface area contributed by atoms with Gasteiger partial charge in [0.15, 0.2) is 0 Å². The normalized spacial score (nSPS) is 61.7. The molecule has 3 nitrogen and oxygen atoms in total. The van der Waals surface area contributed by atoms with Crippen LogP contribution in [0.4, 0.5) is 0 Å². The van der Waals surface area contributed by atoms with Crippen molar-refractivity contribution < 1.29 is 35.8 Å². The molecule has 68 valence electrons. The van der Waals surface area contributed by atoms with E-state index in [-0.39, 0.29) is 45.3 Å². The fourth-order valence-electron chi connectivity index (χ4n) is 2.53. The third-order valence-corrected chi connectivity index (χ3v) is 8.20. The second-order valence-electron chi connectivity index (χ2n) is 3.79. The molecule has 3 aliphatic heterocycles. The monoisotopic (exact) mass is 281 g/mol. The first-order chi connectivity index (χ1) is 5.70. The molecule has 1 N–H and O–H groups in total. The van der Waals surface area contributed by atoms with Crippen LogP contribution in [0.1, 0.15) is 6.92 Å². The first kappa shape index (κ1) is 7.55. The predicted molar refractivity (Wildman–Crippen MR) is 36.1 cm³/mol. The van der Waals surface area contributed by atoms with Crippen molar-refractivity contribution in [2.75, 3.05) is 0 Å². The molecule has 3 fully saturated rings. The number of aliphatic hydroxyl groups excluding tert-OH is 1. The van der Waals surface area contributed by atoms with E-state index in [0.717, 1.165) is 0 Å². The number of aliphatic hydroxyl groups is 1. The summed E-state index contributed by atoms with van der Waals surface area (Å²) in [6.45, 7) is 2.10. The number of fused-ring (bicyclic) bond motifs is 1. The zero-order valence-corrected chi connectivity index (χ0v) is 8.76. The summed E-state index contributed by atoms with van der Waals surface area (Å²) in [6, 6.07) is 0. The van der Waals surface area contributed by atoms with Gasteiger partial charge in [-0.05, 0) is 0 Å². The minimum atomic E-state index is -0.371. The van der Waals surface area contributed by atoms with Gasteiger partial charge < -0.3 is 0 Å². The summed E-state index contributed by atoms with van der Waals surface area (Å²) in [5, 5.41) is 9.77. The molecule has 3 aliphatic rings. The van der Waals surface area contributed by atoms with Crippen LogP contribution in [0, 0.1) is 11.8 Å². The fourth-order valence-corrected chi connectivity index (χ4v) is 7.81. The zero-order valence-electron chi connectivity index (χ0n) is 6.61. The van der Waals surface area contributed by atoms with Crippen LogP contribution in [0.2, 0.25) is 0 Å². The van der Waals surface area contributed by atoms with Crippen LogP contribution in [0.5, 0.6) is 0 Å². The van der Waals surface area contributed by atoms with Gasteiger partial charge >= 0.3 is 80.6 Å². The van der Waals surface area contributed by atoms with Crippen LogP contribution in [0.25, 0.3) is 0 Å². The molecule has 0 radical (unpaired) electrons. The van der Waals surface area contributed by atoms with Gasteiger partial charge in [-0.15, -0.1) is 0 Å². The van der Waals surface area contributed by atoms with Crippen molar-refractivity contribution >= 4 is 5.97 Å². The number of carbonyl (C=O) groups is 1. The maximum atomic E-state index is 11.3. The maximum absolute atomic E-state index is 11.3. The van der Waals surface area contributed by atoms with Gasteiger partial charge in [-0.2, -0.15) is 0 Å². The number of ether oxygens (including phenoxy) is 1. The number of carbonyl (C=O) groups excluding carboxylic acids is 1. The van der Waals surface area contributed by atoms with E-state index < -0.39 is 0 Å². The molecule has 0 saturated carbocycles. The van der Waals surface area contributed by atoms with Gasteiger partial charge in [-0.1, -0.05) is 0 Å². The number of hydrogen-bond donors (Lipinski definition) is 1. The fraction of sp³-hybridized carbons (Fsp3) is 0.875. The van der Waals surface area contributed by atoms with Gasteiger partial charge in [0, 0.05) is 0 Å². The Morgan fingerprint density at radius 3 is 2.92 bits per heavy atom. The van der Waals surface area contributed by atoms with E-state index in [1.54, 1.807) is 0 Å². The molecule has 0 aromatic rings. The third kappa shape index (κ3) is 0.652. The molecule has 6 unspecified atom stereocenters. The first-order valence-electron chi connectivity index (χ1n) is 4.20. The molecule has 6 atom stereocenters. The van der Waals surface area contributed by atoms with E-state index in [1.807, 2.05) is 0 Å². The van der Waals surface area contributed by atoms with Crippen molar-refractivity contribution in [2.24, 2.45) is 11.8 Å². The molecule has 0 spiro atoms. The molecular formula is C8H10IO3-. The van der Waals surface area contributed by atoms with Crippen molar-refractivity contribution in [3.05, 3.63) is 0 Å². The Kier molecular flexibility index (Phi) is 1.35. The molecule has 3 heterocycles. The van der Waals surface area contributed by atoms with E-state index >= 15 is 0 Å². The molecule has 0 aromatic heterocycles. The molecule has 0 aliphatic carbocycles. The Morgan fingerprint density at radius 2 is 2.25 bits per heavy atom. The Hall–Kier alpha value is 0.160. The molecule has 0 aromatic carbocycles. The van der Waals surface area contributed by atoms with E-state index in [9.17, 15) is 9.90 Å². The van der Waals surface area contributed by atoms with Crippen LogP contribution in [-0.2, 0) is 9.53 Å². The standard InChI is InChI=1S/C8H10IO3/c1-2-4-6(10)3-5(9-4)7(2)12-8(3)11/h2-7,10H,1H3/q-1. The van der Waals surface area contributed by atoms with E-state index in [2.05, 4.69) is 6.92 Å². The van der Waals surface area contributed by atoms with E-state index in [0.29, 0.717) is 13.8 Å². The second kappa shape index (κ2) is 2.15. The van der Waals surface area contributed by atoms with Gasteiger partial charge in [-0.3, -0.25) is 0 Å². The van der Waals surface area contributed by atoms with Crippen molar-refractivity contribution in [3.8, 4) is 0 Å². The van der Waals surface area contributed by atoms with Crippen molar-refractivity contribution in [2.45, 2.75) is 27.0 Å². The van der Waals surface area contributed by atoms with E-state index in [1.165, 1.54) is 0 Å². The van der Waals surface area contributed by atoms with Crippen LogP contribution in [0.15, 0.2) is 0 Å². The van der Waals surface area contributed by atoms with E-state index in [4.69, 9.17) is 4.74 Å². The molecule has 3 saturated heterocycles. The molecule has 3 rings (SSSR count). The van der Waals surface area contributed by atoms with Crippen molar-refractivity contribution in [3.63, 3.8) is 0 Å². The van der Waals surface area contributed by atoms with Gasteiger partial charge in [0.05, 0.1) is 0 Å². The van der Waals surface area contributed by atoms with Crippen LogP contribution < -0.4 is 21.2 Å². The zero-order chi connectivity index (χ0) is 8.46. The van der Waals surface area contributed by atoms with Crippen molar-refractivity contribution in [1.29, 1.82) is 0 Å². The van der Waals surface area contributed by atoms with Gasteiger partial charge in [-0.25, -0.2) is 0 Å². The Labute approximate surface area is 80.7 Å². The Morgan fingerprint density at radius 1 is 1.50 bits per heavy atom. The number of hydrogen-bond acceptors (Lipinski definition) is 3. The van der Waals surface area contributed by atoms with Gasteiger partial charge in [0.1, 0.15) is 0 Å².